The van der Waals surface area contributed by atoms with E-state index in [1.165, 1.54) is 0 Å². The smallest absolute Gasteiger partial charge is 0.272 e. The fourth-order valence-electron chi connectivity index (χ4n) is 3.79. The number of benzene rings is 2. The molecule has 3 aromatic rings. The molecule has 0 radical (unpaired) electrons. The predicted molar refractivity (Wildman–Crippen MR) is 106 cm³/mol. The van der Waals surface area contributed by atoms with Crippen LogP contribution in [0.5, 0.6) is 0 Å². The third kappa shape index (κ3) is 3.93. The Kier molecular flexibility index (Phi) is 4.77. The van der Waals surface area contributed by atoms with Crippen molar-refractivity contribution >= 4 is 22.3 Å². The Morgan fingerprint density at radius 3 is 3.07 bits per heavy atom. The van der Waals surface area contributed by atoms with Crippen molar-refractivity contribution in [1.29, 1.82) is 0 Å². The molecular weight excluding hydrogens is 342 g/mol. The van der Waals surface area contributed by atoms with Crippen LogP contribution in [0.15, 0.2) is 42.6 Å². The molecule has 0 amide bonds. The van der Waals surface area contributed by atoms with E-state index in [0.29, 0.717) is 11.6 Å². The first-order valence-electron chi connectivity index (χ1n) is 9.24. The van der Waals surface area contributed by atoms with Gasteiger partial charge in [0.15, 0.2) is 0 Å². The van der Waals surface area contributed by atoms with E-state index >= 15 is 0 Å². The standard InChI is InChI=1S/C20H23N5O2/c1-14-4-5-15(9-20(14)25(26)27)12-24-8-2-3-18(13-24)22-17-6-7-19-16(10-17)11-21-23-19/h4-7,9-11,18,22H,2-3,8,12-13H2,1H3,(H,21,23). The summed E-state index contributed by atoms with van der Waals surface area (Å²) < 4.78 is 0. The van der Waals surface area contributed by atoms with Crippen LogP contribution in [0, 0.1) is 17.0 Å². The quantitative estimate of drug-likeness (QED) is 0.530. The average Bonchev–Trinajstić information content (AvgIpc) is 3.11. The van der Waals surface area contributed by atoms with Gasteiger partial charge in [0.1, 0.15) is 0 Å². The van der Waals surface area contributed by atoms with Crippen LogP contribution < -0.4 is 5.32 Å². The summed E-state index contributed by atoms with van der Waals surface area (Å²) in [5, 5.41) is 22.9. The number of likely N-dealkylation sites (tertiary alicyclic amines) is 1. The molecule has 27 heavy (non-hydrogen) atoms. The van der Waals surface area contributed by atoms with Crippen molar-refractivity contribution in [3.05, 3.63) is 63.8 Å². The lowest BCUT2D eigenvalue weighted by Crippen LogP contribution is -2.41. The molecule has 0 aliphatic carbocycles. The second kappa shape index (κ2) is 7.36. The van der Waals surface area contributed by atoms with Crippen LogP contribution in [0.2, 0.25) is 0 Å². The maximum absolute atomic E-state index is 11.2. The molecule has 1 atom stereocenters. The molecule has 140 valence electrons. The van der Waals surface area contributed by atoms with Crippen molar-refractivity contribution < 1.29 is 4.92 Å². The van der Waals surface area contributed by atoms with Crippen LogP contribution in [0.25, 0.3) is 10.9 Å². The third-order valence-electron chi connectivity index (χ3n) is 5.19. The van der Waals surface area contributed by atoms with E-state index in [0.717, 1.165) is 54.6 Å². The maximum atomic E-state index is 11.2. The number of nitro benzene ring substituents is 1. The zero-order valence-electron chi connectivity index (χ0n) is 15.3. The number of fused-ring (bicyclic) bond motifs is 1. The van der Waals surface area contributed by atoms with E-state index < -0.39 is 0 Å². The van der Waals surface area contributed by atoms with Crippen molar-refractivity contribution in [3.8, 4) is 0 Å². The first kappa shape index (κ1) is 17.5. The molecule has 0 saturated carbocycles. The number of hydrogen-bond acceptors (Lipinski definition) is 5. The number of aryl methyl sites for hydroxylation is 1. The van der Waals surface area contributed by atoms with Gasteiger partial charge in [0, 0.05) is 41.8 Å². The van der Waals surface area contributed by atoms with Gasteiger partial charge in [-0.1, -0.05) is 12.1 Å². The highest BCUT2D eigenvalue weighted by Gasteiger charge is 2.21. The van der Waals surface area contributed by atoms with Crippen molar-refractivity contribution in [2.24, 2.45) is 0 Å². The number of rotatable bonds is 5. The minimum Gasteiger partial charge on any atom is -0.381 e. The highest BCUT2D eigenvalue weighted by atomic mass is 16.6. The number of aromatic amines is 1. The zero-order valence-corrected chi connectivity index (χ0v) is 15.3. The van der Waals surface area contributed by atoms with Gasteiger partial charge in [-0.25, -0.2) is 0 Å². The number of nitro groups is 1. The lowest BCUT2D eigenvalue weighted by atomic mass is 10.0. The maximum Gasteiger partial charge on any atom is 0.272 e. The monoisotopic (exact) mass is 365 g/mol. The van der Waals surface area contributed by atoms with Gasteiger partial charge in [-0.05, 0) is 50.1 Å². The average molecular weight is 365 g/mol. The van der Waals surface area contributed by atoms with E-state index in [9.17, 15) is 10.1 Å². The molecule has 1 aromatic heterocycles. The van der Waals surface area contributed by atoms with Gasteiger partial charge < -0.3 is 5.32 Å². The van der Waals surface area contributed by atoms with Gasteiger partial charge in [0.25, 0.3) is 5.69 Å². The van der Waals surface area contributed by atoms with Crippen LogP contribution in [-0.2, 0) is 6.54 Å². The first-order chi connectivity index (χ1) is 13.1. The largest absolute Gasteiger partial charge is 0.381 e. The van der Waals surface area contributed by atoms with Gasteiger partial charge in [0.05, 0.1) is 16.6 Å². The summed E-state index contributed by atoms with van der Waals surface area (Å²) in [6.45, 7) is 4.45. The lowest BCUT2D eigenvalue weighted by molar-refractivity contribution is -0.385. The number of aromatic nitrogens is 2. The van der Waals surface area contributed by atoms with Crippen LogP contribution in [-0.4, -0.2) is 39.2 Å². The molecular formula is C20H23N5O2. The topological polar surface area (TPSA) is 87.1 Å². The summed E-state index contributed by atoms with van der Waals surface area (Å²) in [4.78, 5) is 13.2. The molecule has 2 heterocycles. The molecule has 1 aliphatic heterocycles. The molecule has 1 unspecified atom stereocenters. The van der Waals surface area contributed by atoms with Crippen LogP contribution >= 0.6 is 0 Å². The number of nitrogens with one attached hydrogen (secondary N) is 2. The zero-order chi connectivity index (χ0) is 18.8. The fourth-order valence-corrected chi connectivity index (χ4v) is 3.79. The Hall–Kier alpha value is -2.93. The summed E-state index contributed by atoms with van der Waals surface area (Å²) in [5.41, 5.74) is 4.03. The summed E-state index contributed by atoms with van der Waals surface area (Å²) in [6.07, 6.45) is 4.06. The summed E-state index contributed by atoms with van der Waals surface area (Å²) >= 11 is 0. The summed E-state index contributed by atoms with van der Waals surface area (Å²) in [5.74, 6) is 0. The Morgan fingerprint density at radius 1 is 1.33 bits per heavy atom. The molecule has 2 aromatic carbocycles. The normalized spacial score (nSPS) is 17.9. The van der Waals surface area contributed by atoms with Crippen molar-refractivity contribution in [2.75, 3.05) is 18.4 Å². The van der Waals surface area contributed by atoms with E-state index in [2.05, 4.69) is 32.5 Å². The predicted octanol–water partition coefficient (Wildman–Crippen LogP) is 3.86. The molecule has 7 nitrogen and oxygen atoms in total. The summed E-state index contributed by atoms with van der Waals surface area (Å²) in [7, 11) is 0. The van der Waals surface area contributed by atoms with E-state index in [1.54, 1.807) is 13.0 Å². The second-order valence-corrected chi connectivity index (χ2v) is 7.27. The number of piperidine rings is 1. The van der Waals surface area contributed by atoms with Gasteiger partial charge in [-0.3, -0.25) is 20.1 Å². The van der Waals surface area contributed by atoms with Gasteiger partial charge in [-0.2, -0.15) is 5.10 Å². The van der Waals surface area contributed by atoms with Crippen LogP contribution in [0.3, 0.4) is 0 Å². The minimum atomic E-state index is -0.300. The Labute approximate surface area is 157 Å². The highest BCUT2D eigenvalue weighted by Crippen LogP contribution is 2.23. The molecule has 1 aliphatic rings. The minimum absolute atomic E-state index is 0.201. The van der Waals surface area contributed by atoms with E-state index in [1.807, 2.05) is 24.4 Å². The molecule has 0 spiro atoms. The highest BCUT2D eigenvalue weighted by molar-refractivity contribution is 5.81. The number of anilines is 1. The number of H-pyrrole nitrogens is 1. The van der Waals surface area contributed by atoms with Crippen molar-refractivity contribution in [2.45, 2.75) is 32.4 Å². The van der Waals surface area contributed by atoms with Crippen LogP contribution in [0.1, 0.15) is 24.0 Å². The molecule has 7 heteroatoms. The molecule has 1 fully saturated rings. The van der Waals surface area contributed by atoms with E-state index in [4.69, 9.17) is 0 Å². The fraction of sp³-hybridized carbons (Fsp3) is 0.350. The first-order valence-corrected chi connectivity index (χ1v) is 9.24. The third-order valence-corrected chi connectivity index (χ3v) is 5.19. The van der Waals surface area contributed by atoms with Crippen molar-refractivity contribution in [3.63, 3.8) is 0 Å². The number of hydrogen-bond donors (Lipinski definition) is 2. The summed E-state index contributed by atoms with van der Waals surface area (Å²) in [6, 6.07) is 12.1. The van der Waals surface area contributed by atoms with Gasteiger partial charge in [-0.15, -0.1) is 0 Å². The molecule has 0 bridgehead atoms. The van der Waals surface area contributed by atoms with Crippen LogP contribution in [0.4, 0.5) is 11.4 Å². The Balaban J connectivity index is 1.42. The van der Waals surface area contributed by atoms with E-state index in [-0.39, 0.29) is 10.6 Å². The van der Waals surface area contributed by atoms with Gasteiger partial charge in [0.2, 0.25) is 0 Å². The second-order valence-electron chi connectivity index (χ2n) is 7.27. The molecule has 2 N–H and O–H groups in total. The molecule has 4 rings (SSSR count). The van der Waals surface area contributed by atoms with Crippen molar-refractivity contribution in [1.82, 2.24) is 15.1 Å². The molecule has 1 saturated heterocycles. The number of nitrogens with zero attached hydrogens (tertiary/aromatic N) is 3. The lowest BCUT2D eigenvalue weighted by Gasteiger charge is -2.33. The van der Waals surface area contributed by atoms with Gasteiger partial charge >= 0.3 is 0 Å². The Bertz CT molecular complexity index is 968. The Morgan fingerprint density at radius 2 is 2.22 bits per heavy atom. The SMILES string of the molecule is Cc1ccc(CN2CCCC(Nc3ccc4[nH]ncc4c3)C2)cc1[N+](=O)[O-].